The van der Waals surface area contributed by atoms with E-state index in [2.05, 4.69) is 36.1 Å². The number of nitrogens with one attached hydrogen (secondary N) is 1. The fourth-order valence-electron chi connectivity index (χ4n) is 2.73. The summed E-state index contributed by atoms with van der Waals surface area (Å²) in [6.45, 7) is 10.7. The molecule has 2 rings (SSSR count). The van der Waals surface area contributed by atoms with Gasteiger partial charge in [-0.05, 0) is 24.7 Å². The van der Waals surface area contributed by atoms with Gasteiger partial charge in [-0.25, -0.2) is 9.97 Å². The Kier molecular flexibility index (Phi) is 4.29. The summed E-state index contributed by atoms with van der Waals surface area (Å²) in [5.41, 5.74) is 0.176. The smallest absolute Gasteiger partial charge is 0.353 e. The molecule has 0 bridgehead atoms. The van der Waals surface area contributed by atoms with Gasteiger partial charge in [-0.3, -0.25) is 10.1 Å². The Labute approximate surface area is 124 Å². The molecule has 0 aromatic carbocycles. The fourth-order valence-corrected chi connectivity index (χ4v) is 2.73. The molecule has 7 heteroatoms. The first-order valence-corrected chi connectivity index (χ1v) is 7.32. The summed E-state index contributed by atoms with van der Waals surface area (Å²) in [5.74, 6) is 1.24. The third-order valence-electron chi connectivity index (χ3n) is 4.04. The average molecular weight is 293 g/mol. The van der Waals surface area contributed by atoms with E-state index in [1.807, 2.05) is 11.8 Å². The second kappa shape index (κ2) is 5.83. The van der Waals surface area contributed by atoms with Crippen LogP contribution in [-0.2, 0) is 0 Å². The molecule has 21 heavy (non-hydrogen) atoms. The van der Waals surface area contributed by atoms with Crippen LogP contribution in [0.25, 0.3) is 0 Å². The minimum Gasteiger partial charge on any atom is -0.364 e. The maximum Gasteiger partial charge on any atom is 0.353 e. The lowest BCUT2D eigenvalue weighted by atomic mass is 9.80. The van der Waals surface area contributed by atoms with E-state index in [1.54, 1.807) is 0 Å². The molecule has 1 aromatic heterocycles. The average Bonchev–Trinajstić information content (AvgIpc) is 2.87. The normalized spacial score (nSPS) is 18.9. The van der Waals surface area contributed by atoms with Gasteiger partial charge in [0.25, 0.3) is 0 Å². The van der Waals surface area contributed by atoms with Crippen LogP contribution in [0.5, 0.6) is 0 Å². The molecule has 7 nitrogen and oxygen atoms in total. The van der Waals surface area contributed by atoms with Gasteiger partial charge in [-0.15, -0.1) is 0 Å². The second-order valence-corrected chi connectivity index (χ2v) is 6.48. The molecule has 0 aliphatic carbocycles. The predicted molar refractivity (Wildman–Crippen MR) is 82.6 cm³/mol. The van der Waals surface area contributed by atoms with Gasteiger partial charge in [-0.2, -0.15) is 0 Å². The Morgan fingerprint density at radius 1 is 1.48 bits per heavy atom. The molecule has 0 amide bonds. The van der Waals surface area contributed by atoms with Gasteiger partial charge in [0.1, 0.15) is 6.33 Å². The Hall–Kier alpha value is -1.92. The van der Waals surface area contributed by atoms with E-state index in [9.17, 15) is 10.1 Å². The Morgan fingerprint density at radius 3 is 2.71 bits per heavy atom. The van der Waals surface area contributed by atoms with Gasteiger partial charge in [0.05, 0.1) is 4.92 Å². The molecule has 116 valence electrons. The molecule has 1 unspecified atom stereocenters. The van der Waals surface area contributed by atoms with E-state index < -0.39 is 4.92 Å². The quantitative estimate of drug-likeness (QED) is 0.678. The van der Waals surface area contributed by atoms with Crippen LogP contribution in [0.3, 0.4) is 0 Å². The largest absolute Gasteiger partial charge is 0.364 e. The summed E-state index contributed by atoms with van der Waals surface area (Å²) in [5, 5.41) is 14.4. The van der Waals surface area contributed by atoms with Crippen LogP contribution >= 0.6 is 0 Å². The summed E-state index contributed by atoms with van der Waals surface area (Å²) in [4.78, 5) is 21.2. The summed E-state index contributed by atoms with van der Waals surface area (Å²) in [7, 11) is 0. The van der Waals surface area contributed by atoms with Crippen LogP contribution in [0.15, 0.2) is 6.33 Å². The highest BCUT2D eigenvalue weighted by Crippen LogP contribution is 2.39. The summed E-state index contributed by atoms with van der Waals surface area (Å²) in [6, 6.07) is 0. The number of aromatic nitrogens is 2. The predicted octanol–water partition coefficient (Wildman–Crippen LogP) is 2.69. The Bertz CT molecular complexity index is 527. The number of rotatable bonds is 4. The van der Waals surface area contributed by atoms with Gasteiger partial charge >= 0.3 is 5.69 Å². The SMILES string of the molecule is CCNc1ncnc(N2CCC(C(C)(C)C)C2)c1[N+](=O)[O-]. The first-order valence-electron chi connectivity index (χ1n) is 7.32. The monoisotopic (exact) mass is 293 g/mol. The van der Waals surface area contributed by atoms with Crippen molar-refractivity contribution in [2.45, 2.75) is 34.1 Å². The molecule has 1 fully saturated rings. The molecule has 1 atom stereocenters. The van der Waals surface area contributed by atoms with Gasteiger partial charge < -0.3 is 10.2 Å². The van der Waals surface area contributed by atoms with Gasteiger partial charge in [-0.1, -0.05) is 20.8 Å². The minimum atomic E-state index is -0.391. The zero-order valence-electron chi connectivity index (χ0n) is 13.1. The summed E-state index contributed by atoms with van der Waals surface area (Å²) >= 11 is 0. The van der Waals surface area contributed by atoms with Crippen molar-refractivity contribution < 1.29 is 4.92 Å². The number of anilines is 2. The lowest BCUT2D eigenvalue weighted by Crippen LogP contribution is -2.27. The van der Waals surface area contributed by atoms with Crippen molar-refractivity contribution in [3.8, 4) is 0 Å². The summed E-state index contributed by atoms with van der Waals surface area (Å²) in [6.07, 6.45) is 2.42. The van der Waals surface area contributed by atoms with Crippen LogP contribution < -0.4 is 10.2 Å². The lowest BCUT2D eigenvalue weighted by Gasteiger charge is -2.27. The van der Waals surface area contributed by atoms with E-state index in [4.69, 9.17) is 0 Å². The van der Waals surface area contributed by atoms with E-state index >= 15 is 0 Å². The van der Waals surface area contributed by atoms with Crippen LogP contribution in [0, 0.1) is 21.4 Å². The third kappa shape index (κ3) is 3.22. The third-order valence-corrected chi connectivity index (χ3v) is 4.04. The molecule has 1 N–H and O–H groups in total. The van der Waals surface area contributed by atoms with Crippen molar-refractivity contribution in [2.75, 3.05) is 29.9 Å². The van der Waals surface area contributed by atoms with Gasteiger partial charge in [0, 0.05) is 19.6 Å². The maximum absolute atomic E-state index is 11.4. The number of hydrogen-bond donors (Lipinski definition) is 1. The maximum atomic E-state index is 11.4. The van der Waals surface area contributed by atoms with Crippen LogP contribution in [0.1, 0.15) is 34.1 Å². The molecule has 1 saturated heterocycles. The highest BCUT2D eigenvalue weighted by atomic mass is 16.6. The van der Waals surface area contributed by atoms with E-state index in [0.717, 1.165) is 19.5 Å². The summed E-state index contributed by atoms with van der Waals surface area (Å²) < 4.78 is 0. The molecule has 0 saturated carbocycles. The van der Waals surface area contributed by atoms with Crippen LogP contribution in [-0.4, -0.2) is 34.5 Å². The van der Waals surface area contributed by atoms with E-state index in [-0.39, 0.29) is 11.1 Å². The fraction of sp³-hybridized carbons (Fsp3) is 0.714. The van der Waals surface area contributed by atoms with Crippen molar-refractivity contribution in [3.05, 3.63) is 16.4 Å². The van der Waals surface area contributed by atoms with Crippen LogP contribution in [0.4, 0.5) is 17.3 Å². The Morgan fingerprint density at radius 2 is 2.19 bits per heavy atom. The molecular formula is C14H23N5O2. The van der Waals surface area contributed by atoms with Crippen molar-refractivity contribution in [3.63, 3.8) is 0 Å². The molecule has 1 aromatic rings. The minimum absolute atomic E-state index is 0.0195. The molecular weight excluding hydrogens is 270 g/mol. The van der Waals surface area contributed by atoms with E-state index in [1.165, 1.54) is 6.33 Å². The highest BCUT2D eigenvalue weighted by Gasteiger charge is 2.36. The van der Waals surface area contributed by atoms with Gasteiger partial charge in [0.2, 0.25) is 11.6 Å². The van der Waals surface area contributed by atoms with Crippen molar-refractivity contribution in [2.24, 2.45) is 11.3 Å². The standard InChI is InChI=1S/C14H23N5O2/c1-5-15-12-11(19(20)21)13(17-9-16-12)18-7-6-10(8-18)14(2,3)4/h9-10H,5-8H2,1-4H3,(H,15,16,17). The van der Waals surface area contributed by atoms with Gasteiger partial charge in [0.15, 0.2) is 0 Å². The van der Waals surface area contributed by atoms with Crippen molar-refractivity contribution >= 4 is 17.3 Å². The number of hydrogen-bond acceptors (Lipinski definition) is 6. The topological polar surface area (TPSA) is 84.2 Å². The highest BCUT2D eigenvalue weighted by molar-refractivity contribution is 5.70. The molecule has 1 aliphatic heterocycles. The van der Waals surface area contributed by atoms with E-state index in [0.29, 0.717) is 24.1 Å². The zero-order chi connectivity index (χ0) is 15.6. The first-order chi connectivity index (χ1) is 9.84. The molecule has 1 aliphatic rings. The lowest BCUT2D eigenvalue weighted by molar-refractivity contribution is -0.383. The molecule has 0 radical (unpaired) electrons. The molecule has 2 heterocycles. The van der Waals surface area contributed by atoms with Crippen molar-refractivity contribution in [1.29, 1.82) is 0 Å². The second-order valence-electron chi connectivity index (χ2n) is 6.48. The van der Waals surface area contributed by atoms with Crippen LogP contribution in [0.2, 0.25) is 0 Å². The van der Waals surface area contributed by atoms with Crippen molar-refractivity contribution in [1.82, 2.24) is 9.97 Å². The Balaban J connectivity index is 2.32. The first kappa shape index (κ1) is 15.5. The number of nitrogens with zero attached hydrogens (tertiary/aromatic N) is 4. The number of nitro groups is 1. The molecule has 0 spiro atoms. The zero-order valence-corrected chi connectivity index (χ0v) is 13.1.